The van der Waals surface area contributed by atoms with Crippen LogP contribution in [0.2, 0.25) is 5.02 Å². The van der Waals surface area contributed by atoms with Gasteiger partial charge in [-0.25, -0.2) is 13.2 Å². The summed E-state index contributed by atoms with van der Waals surface area (Å²) in [7, 11) is -2.26. The lowest BCUT2D eigenvalue weighted by molar-refractivity contribution is 0.0474. The number of methoxy groups -OCH3 is 1. The molecule has 0 aliphatic heterocycles. The highest BCUT2D eigenvalue weighted by Gasteiger charge is 2.26. The van der Waals surface area contributed by atoms with Gasteiger partial charge in [-0.3, -0.25) is 4.79 Å². The number of ketones is 1. The predicted molar refractivity (Wildman–Crippen MR) is 122 cm³/mol. The third kappa shape index (κ3) is 5.58. The van der Waals surface area contributed by atoms with Crippen LogP contribution in [0.3, 0.4) is 0 Å². The molecule has 0 amide bonds. The van der Waals surface area contributed by atoms with Gasteiger partial charge < -0.3 is 14.0 Å². The van der Waals surface area contributed by atoms with Crippen LogP contribution in [0.25, 0.3) is 0 Å². The molecule has 0 spiro atoms. The van der Waals surface area contributed by atoms with E-state index in [0.717, 1.165) is 11.4 Å². The van der Waals surface area contributed by atoms with Crippen molar-refractivity contribution in [3.63, 3.8) is 0 Å². The number of nitrogens with zero attached hydrogens (tertiary/aromatic N) is 2. The third-order valence-corrected chi connectivity index (χ3v) is 7.75. The highest BCUT2D eigenvalue weighted by Crippen LogP contribution is 2.26. The Hall–Kier alpha value is -2.20. The van der Waals surface area contributed by atoms with Crippen molar-refractivity contribution in [2.75, 3.05) is 33.4 Å². The van der Waals surface area contributed by atoms with E-state index in [1.807, 2.05) is 18.4 Å². The van der Waals surface area contributed by atoms with E-state index in [1.165, 1.54) is 22.5 Å². The summed E-state index contributed by atoms with van der Waals surface area (Å²) < 4.78 is 39.1. The number of benzene rings is 1. The van der Waals surface area contributed by atoms with Crippen molar-refractivity contribution < 1.29 is 27.5 Å². The van der Waals surface area contributed by atoms with Gasteiger partial charge in [0.05, 0.1) is 17.2 Å². The van der Waals surface area contributed by atoms with Crippen LogP contribution in [0.15, 0.2) is 29.2 Å². The average molecular weight is 485 g/mol. The van der Waals surface area contributed by atoms with Crippen LogP contribution >= 0.6 is 11.6 Å². The maximum atomic E-state index is 12.8. The Morgan fingerprint density at radius 3 is 2.38 bits per heavy atom. The van der Waals surface area contributed by atoms with Crippen molar-refractivity contribution in [3.05, 3.63) is 51.8 Å². The summed E-state index contributed by atoms with van der Waals surface area (Å²) in [6, 6.07) is 5.63. The number of aryl methyl sites for hydroxylation is 1. The number of hydrogen-bond acceptors (Lipinski definition) is 6. The lowest BCUT2D eigenvalue weighted by Gasteiger charge is -2.19. The van der Waals surface area contributed by atoms with Crippen LogP contribution in [0.4, 0.5) is 0 Å². The minimum Gasteiger partial charge on any atom is -0.454 e. The van der Waals surface area contributed by atoms with Gasteiger partial charge in [0.1, 0.15) is 4.90 Å². The summed E-state index contributed by atoms with van der Waals surface area (Å²) in [6.45, 7) is 8.31. The Labute approximate surface area is 194 Å². The molecule has 0 atom stereocenters. The van der Waals surface area contributed by atoms with Crippen LogP contribution in [0, 0.1) is 13.8 Å². The molecule has 176 valence electrons. The van der Waals surface area contributed by atoms with Crippen LogP contribution in [0.5, 0.6) is 0 Å². The molecule has 0 saturated heterocycles. The first-order valence-electron chi connectivity index (χ1n) is 10.2. The number of sulfonamides is 1. The molecule has 0 aliphatic rings. The number of carbonyl (C=O) groups excluding carboxylic acids is 2. The molecule has 1 aromatic carbocycles. The molecule has 8 nitrogen and oxygen atoms in total. The first-order valence-corrected chi connectivity index (χ1v) is 12.1. The lowest BCUT2D eigenvalue weighted by Crippen LogP contribution is -2.31. The van der Waals surface area contributed by atoms with Gasteiger partial charge >= 0.3 is 5.97 Å². The van der Waals surface area contributed by atoms with Gasteiger partial charge in [-0.1, -0.05) is 25.4 Å². The SMILES string of the molecule is CCN(CC)S(=O)(=O)c1cc(C(=O)OCC(=O)c2cc(C)n(CCOC)c2C)ccc1Cl. The Morgan fingerprint density at radius 1 is 1.12 bits per heavy atom. The number of hydrogen-bond donors (Lipinski definition) is 0. The first kappa shape index (κ1) is 26.1. The average Bonchev–Trinajstić information content (AvgIpc) is 3.04. The number of halogens is 1. The Bertz CT molecular complexity index is 1090. The van der Waals surface area contributed by atoms with Gasteiger partial charge in [0.15, 0.2) is 6.61 Å². The van der Waals surface area contributed by atoms with Crippen molar-refractivity contribution in [1.82, 2.24) is 8.87 Å². The van der Waals surface area contributed by atoms with E-state index in [9.17, 15) is 18.0 Å². The van der Waals surface area contributed by atoms with E-state index in [2.05, 4.69) is 0 Å². The first-order chi connectivity index (χ1) is 15.1. The minimum absolute atomic E-state index is 0.00139. The monoisotopic (exact) mass is 484 g/mol. The van der Waals surface area contributed by atoms with Gasteiger partial charge in [0.25, 0.3) is 0 Å². The molecule has 0 N–H and O–H groups in total. The van der Waals surface area contributed by atoms with Crippen molar-refractivity contribution in [3.8, 4) is 0 Å². The zero-order chi connectivity index (χ0) is 24.1. The van der Waals surface area contributed by atoms with Crippen molar-refractivity contribution >= 4 is 33.4 Å². The molecule has 2 aromatic rings. The molecule has 1 aromatic heterocycles. The number of aromatic nitrogens is 1. The minimum atomic E-state index is -3.86. The lowest BCUT2D eigenvalue weighted by atomic mass is 10.1. The van der Waals surface area contributed by atoms with Crippen molar-refractivity contribution in [2.45, 2.75) is 39.1 Å². The fourth-order valence-electron chi connectivity index (χ4n) is 3.43. The smallest absolute Gasteiger partial charge is 0.338 e. The highest BCUT2D eigenvalue weighted by molar-refractivity contribution is 7.89. The second-order valence-corrected chi connectivity index (χ2v) is 9.48. The van der Waals surface area contributed by atoms with Gasteiger partial charge in [-0.15, -0.1) is 0 Å². The highest BCUT2D eigenvalue weighted by atomic mass is 35.5. The molecule has 1 heterocycles. The van der Waals surface area contributed by atoms with Gasteiger partial charge in [-0.2, -0.15) is 4.31 Å². The summed E-state index contributed by atoms with van der Waals surface area (Å²) in [4.78, 5) is 25.0. The molecule has 0 radical (unpaired) electrons. The fraction of sp³-hybridized carbons (Fsp3) is 0.455. The van der Waals surface area contributed by atoms with E-state index in [4.69, 9.17) is 21.1 Å². The summed E-state index contributed by atoms with van der Waals surface area (Å²) in [5, 5.41) is 0.00743. The molecule has 0 saturated carbocycles. The molecule has 32 heavy (non-hydrogen) atoms. The van der Waals surface area contributed by atoms with E-state index in [0.29, 0.717) is 18.7 Å². The summed E-state index contributed by atoms with van der Waals surface area (Å²) in [6.07, 6.45) is 0. The fourth-order valence-corrected chi connectivity index (χ4v) is 5.39. The van der Waals surface area contributed by atoms with E-state index >= 15 is 0 Å². The normalized spacial score (nSPS) is 11.7. The van der Waals surface area contributed by atoms with Crippen LogP contribution in [-0.4, -0.2) is 62.5 Å². The van der Waals surface area contributed by atoms with E-state index < -0.39 is 22.6 Å². The van der Waals surface area contributed by atoms with Gasteiger partial charge in [-0.05, 0) is 38.1 Å². The summed E-state index contributed by atoms with van der Waals surface area (Å²) >= 11 is 6.10. The molecule has 0 unspecified atom stereocenters. The Morgan fingerprint density at radius 2 is 1.78 bits per heavy atom. The molecule has 2 rings (SSSR count). The molecule has 0 bridgehead atoms. The van der Waals surface area contributed by atoms with Gasteiger partial charge in [0, 0.05) is 43.7 Å². The van der Waals surface area contributed by atoms with E-state index in [1.54, 1.807) is 27.0 Å². The predicted octanol–water partition coefficient (Wildman–Crippen LogP) is 3.47. The number of Topliss-reactive ketones (excluding diaryl/α,β-unsaturated/α-hetero) is 1. The third-order valence-electron chi connectivity index (χ3n) is 5.22. The summed E-state index contributed by atoms with van der Waals surface area (Å²) in [5.41, 5.74) is 2.13. The number of esters is 1. The van der Waals surface area contributed by atoms with E-state index in [-0.39, 0.29) is 34.4 Å². The van der Waals surface area contributed by atoms with Crippen LogP contribution in [0.1, 0.15) is 46.0 Å². The standard InChI is InChI=1S/C22H29ClN2O6S/c1-6-24(7-2)32(28,29)21-13-17(8-9-19(21)23)22(27)31-14-20(26)18-12-15(3)25(16(18)4)10-11-30-5/h8-9,12-13H,6-7,10-11,14H2,1-5H3. The number of ether oxygens (including phenoxy) is 2. The maximum absolute atomic E-state index is 12.8. The van der Waals surface area contributed by atoms with Crippen LogP contribution < -0.4 is 0 Å². The second kappa shape index (κ2) is 11.1. The zero-order valence-corrected chi connectivity index (χ0v) is 20.5. The molecule has 0 fully saturated rings. The van der Waals surface area contributed by atoms with Crippen LogP contribution in [-0.2, 0) is 26.0 Å². The Balaban J connectivity index is 2.18. The molecular weight excluding hydrogens is 456 g/mol. The van der Waals surface area contributed by atoms with Crippen molar-refractivity contribution in [1.29, 1.82) is 0 Å². The molecule has 0 aliphatic carbocycles. The van der Waals surface area contributed by atoms with Crippen molar-refractivity contribution in [2.24, 2.45) is 0 Å². The molecule has 10 heteroatoms. The Kier molecular flexibility index (Phi) is 9.03. The molecular formula is C22H29ClN2O6S. The quantitative estimate of drug-likeness (QED) is 0.358. The second-order valence-electron chi connectivity index (χ2n) is 7.16. The zero-order valence-electron chi connectivity index (χ0n) is 19.0. The number of rotatable bonds is 11. The summed E-state index contributed by atoms with van der Waals surface area (Å²) in [5.74, 6) is -1.15. The maximum Gasteiger partial charge on any atom is 0.338 e. The largest absolute Gasteiger partial charge is 0.454 e. The topological polar surface area (TPSA) is 94.9 Å². The van der Waals surface area contributed by atoms with Gasteiger partial charge in [0.2, 0.25) is 15.8 Å². The number of carbonyl (C=O) groups is 2.